The minimum Gasteiger partial charge on any atom is -0.381 e. The number of hydrogen-bond acceptors (Lipinski definition) is 3. The first-order valence-corrected chi connectivity index (χ1v) is 9.88. The Hall–Kier alpha value is -1.39. The normalized spacial score (nSPS) is 25.7. The number of piperidine rings is 1. The zero-order chi connectivity index (χ0) is 17.1. The van der Waals surface area contributed by atoms with Gasteiger partial charge in [0.2, 0.25) is 5.91 Å². The van der Waals surface area contributed by atoms with Crippen molar-refractivity contribution in [1.82, 2.24) is 10.2 Å². The fourth-order valence-electron chi connectivity index (χ4n) is 4.67. The van der Waals surface area contributed by atoms with Gasteiger partial charge in [-0.1, -0.05) is 30.3 Å². The van der Waals surface area contributed by atoms with E-state index in [9.17, 15) is 4.79 Å². The van der Waals surface area contributed by atoms with Crippen LogP contribution in [0.4, 0.5) is 0 Å². The number of nitrogens with zero attached hydrogens (tertiary/aromatic N) is 1. The number of ether oxygens (including phenoxy) is 1. The Balaban J connectivity index is 1.45. The zero-order valence-corrected chi connectivity index (χ0v) is 15.1. The fraction of sp³-hybridized carbons (Fsp3) is 0.667. The summed E-state index contributed by atoms with van der Waals surface area (Å²) in [5.41, 5.74) is 1.55. The first-order chi connectivity index (χ1) is 12.3. The summed E-state index contributed by atoms with van der Waals surface area (Å²) in [6.45, 7) is 5.47. The molecule has 3 fully saturated rings. The number of carbonyl (C=O) groups is 1. The molecule has 1 atom stereocenters. The van der Waals surface area contributed by atoms with E-state index >= 15 is 0 Å². The predicted molar refractivity (Wildman–Crippen MR) is 98.0 cm³/mol. The lowest BCUT2D eigenvalue weighted by Gasteiger charge is -2.31. The van der Waals surface area contributed by atoms with Gasteiger partial charge in [-0.2, -0.15) is 0 Å². The molecular formula is C21H30N2O2. The van der Waals surface area contributed by atoms with Crippen LogP contribution in [0.3, 0.4) is 0 Å². The van der Waals surface area contributed by atoms with Crippen LogP contribution in [-0.2, 0) is 16.1 Å². The first-order valence-electron chi connectivity index (χ1n) is 9.88. The summed E-state index contributed by atoms with van der Waals surface area (Å²) in [7, 11) is 0. The van der Waals surface area contributed by atoms with Gasteiger partial charge >= 0.3 is 0 Å². The summed E-state index contributed by atoms with van der Waals surface area (Å²) in [4.78, 5) is 15.5. The molecule has 2 saturated heterocycles. The van der Waals surface area contributed by atoms with Crippen molar-refractivity contribution in [2.24, 2.45) is 17.3 Å². The minimum atomic E-state index is 0.262. The molecule has 1 aromatic carbocycles. The third-order valence-corrected chi connectivity index (χ3v) is 6.43. The van der Waals surface area contributed by atoms with Gasteiger partial charge in [-0.25, -0.2) is 0 Å². The highest BCUT2D eigenvalue weighted by Gasteiger charge is 2.58. The maximum absolute atomic E-state index is 13.3. The van der Waals surface area contributed by atoms with Crippen molar-refractivity contribution in [3.63, 3.8) is 0 Å². The quantitative estimate of drug-likeness (QED) is 0.895. The number of amides is 1. The first kappa shape index (κ1) is 17.0. The molecule has 0 radical (unpaired) electrons. The zero-order valence-electron chi connectivity index (χ0n) is 15.1. The molecule has 3 aliphatic rings. The van der Waals surface area contributed by atoms with Crippen LogP contribution in [-0.4, -0.2) is 43.7 Å². The molecule has 1 amide bonds. The Bertz CT molecular complexity index is 577. The monoisotopic (exact) mass is 342 g/mol. The van der Waals surface area contributed by atoms with E-state index in [1.54, 1.807) is 0 Å². The highest BCUT2D eigenvalue weighted by Crippen LogP contribution is 2.59. The van der Waals surface area contributed by atoms with E-state index in [1.807, 2.05) is 6.07 Å². The second-order valence-corrected chi connectivity index (χ2v) is 8.13. The number of hydrogen-bond donors (Lipinski definition) is 1. The van der Waals surface area contributed by atoms with Gasteiger partial charge in [0.1, 0.15) is 0 Å². The SMILES string of the molecule is O=C([C@@H]1CC12CCNCC2)N(Cc1ccccc1)CC1CCOCC1. The van der Waals surface area contributed by atoms with Crippen molar-refractivity contribution in [3.8, 4) is 0 Å². The van der Waals surface area contributed by atoms with Gasteiger partial charge in [0.25, 0.3) is 0 Å². The Morgan fingerprint density at radius 3 is 2.60 bits per heavy atom. The average Bonchev–Trinajstić information content (AvgIpc) is 3.35. The molecule has 1 N–H and O–H groups in total. The van der Waals surface area contributed by atoms with Gasteiger partial charge in [0.05, 0.1) is 0 Å². The molecule has 1 saturated carbocycles. The molecular weight excluding hydrogens is 312 g/mol. The van der Waals surface area contributed by atoms with Crippen LogP contribution in [0, 0.1) is 17.3 Å². The van der Waals surface area contributed by atoms with Crippen molar-refractivity contribution >= 4 is 5.91 Å². The van der Waals surface area contributed by atoms with Gasteiger partial charge in [0.15, 0.2) is 0 Å². The van der Waals surface area contributed by atoms with Crippen LogP contribution < -0.4 is 5.32 Å². The van der Waals surface area contributed by atoms with Crippen LogP contribution in [0.15, 0.2) is 30.3 Å². The highest BCUT2D eigenvalue weighted by molar-refractivity contribution is 5.82. The second-order valence-electron chi connectivity index (χ2n) is 8.13. The van der Waals surface area contributed by atoms with Gasteiger partial charge < -0.3 is 15.0 Å². The lowest BCUT2D eigenvalue weighted by molar-refractivity contribution is -0.135. The van der Waals surface area contributed by atoms with Crippen molar-refractivity contribution in [1.29, 1.82) is 0 Å². The fourth-order valence-corrected chi connectivity index (χ4v) is 4.67. The van der Waals surface area contributed by atoms with Crippen molar-refractivity contribution in [3.05, 3.63) is 35.9 Å². The van der Waals surface area contributed by atoms with Gasteiger partial charge in [-0.15, -0.1) is 0 Å². The van der Waals surface area contributed by atoms with Crippen LogP contribution in [0.5, 0.6) is 0 Å². The molecule has 1 spiro atoms. The molecule has 1 aromatic rings. The Morgan fingerprint density at radius 2 is 1.88 bits per heavy atom. The van der Waals surface area contributed by atoms with Crippen molar-refractivity contribution in [2.45, 2.75) is 38.6 Å². The predicted octanol–water partition coefficient (Wildman–Crippen LogP) is 2.83. The lowest BCUT2D eigenvalue weighted by atomic mass is 9.91. The maximum atomic E-state index is 13.3. The highest BCUT2D eigenvalue weighted by atomic mass is 16.5. The molecule has 1 aliphatic carbocycles. The van der Waals surface area contributed by atoms with E-state index in [0.717, 1.165) is 58.7 Å². The summed E-state index contributed by atoms with van der Waals surface area (Å²) >= 11 is 0. The smallest absolute Gasteiger partial charge is 0.226 e. The van der Waals surface area contributed by atoms with Crippen molar-refractivity contribution in [2.75, 3.05) is 32.8 Å². The van der Waals surface area contributed by atoms with Crippen LogP contribution >= 0.6 is 0 Å². The summed E-state index contributed by atoms with van der Waals surface area (Å²) < 4.78 is 5.50. The molecule has 0 aromatic heterocycles. The Morgan fingerprint density at radius 1 is 1.16 bits per heavy atom. The van der Waals surface area contributed by atoms with E-state index in [0.29, 0.717) is 17.2 Å². The topological polar surface area (TPSA) is 41.6 Å². The average molecular weight is 342 g/mol. The molecule has 4 heteroatoms. The van der Waals surface area contributed by atoms with E-state index in [2.05, 4.69) is 34.5 Å². The standard InChI is InChI=1S/C21H30N2O2/c24-20(19-14-21(19)8-10-22-11-9-21)23(15-17-4-2-1-3-5-17)16-18-6-12-25-13-7-18/h1-5,18-19,22H,6-16H2/t19-/m0/s1. The molecule has 25 heavy (non-hydrogen) atoms. The van der Waals surface area contributed by atoms with Gasteiger partial charge in [-0.3, -0.25) is 4.79 Å². The summed E-state index contributed by atoms with van der Waals surface area (Å²) in [5, 5.41) is 3.44. The third kappa shape index (κ3) is 3.90. The molecule has 136 valence electrons. The molecule has 4 nitrogen and oxygen atoms in total. The van der Waals surface area contributed by atoms with E-state index in [-0.39, 0.29) is 5.92 Å². The maximum Gasteiger partial charge on any atom is 0.226 e. The summed E-state index contributed by atoms with van der Waals surface area (Å²) in [5.74, 6) is 1.25. The Labute approximate surface area is 150 Å². The molecule has 2 aliphatic heterocycles. The summed E-state index contributed by atoms with van der Waals surface area (Å²) in [6.07, 6.45) is 5.60. The summed E-state index contributed by atoms with van der Waals surface area (Å²) in [6, 6.07) is 10.4. The molecule has 0 bridgehead atoms. The largest absolute Gasteiger partial charge is 0.381 e. The third-order valence-electron chi connectivity index (χ3n) is 6.43. The second kappa shape index (κ2) is 7.46. The molecule has 2 heterocycles. The lowest BCUT2D eigenvalue weighted by Crippen LogP contribution is -2.39. The van der Waals surface area contributed by atoms with E-state index in [4.69, 9.17) is 4.74 Å². The van der Waals surface area contributed by atoms with Gasteiger partial charge in [-0.05, 0) is 62.1 Å². The number of rotatable bonds is 5. The van der Waals surface area contributed by atoms with E-state index < -0.39 is 0 Å². The number of benzene rings is 1. The van der Waals surface area contributed by atoms with Crippen LogP contribution in [0.1, 0.15) is 37.7 Å². The van der Waals surface area contributed by atoms with Crippen LogP contribution in [0.25, 0.3) is 0 Å². The Kier molecular flexibility index (Phi) is 5.09. The van der Waals surface area contributed by atoms with Crippen LogP contribution in [0.2, 0.25) is 0 Å². The number of nitrogens with one attached hydrogen (secondary N) is 1. The molecule has 4 rings (SSSR count). The minimum absolute atomic E-state index is 0.262. The van der Waals surface area contributed by atoms with Gasteiger partial charge in [0, 0.05) is 32.2 Å². The van der Waals surface area contributed by atoms with Crippen molar-refractivity contribution < 1.29 is 9.53 Å². The number of carbonyl (C=O) groups excluding carboxylic acids is 1. The van der Waals surface area contributed by atoms with E-state index in [1.165, 1.54) is 18.4 Å². The molecule has 0 unspecified atom stereocenters.